The van der Waals surface area contributed by atoms with Crippen LogP contribution in [0.25, 0.3) is 0 Å². The molecule has 7 N–H and O–H groups in total. The summed E-state index contributed by atoms with van der Waals surface area (Å²) in [6.45, 7) is 0. The molecule has 0 aromatic heterocycles. The number of carboxylic acid groups (broad SMARTS) is 5. The van der Waals surface area contributed by atoms with E-state index >= 15 is 0 Å². The van der Waals surface area contributed by atoms with Crippen molar-refractivity contribution in [3.8, 4) is 0 Å². The lowest BCUT2D eigenvalue weighted by Gasteiger charge is -2.29. The zero-order chi connectivity index (χ0) is 46.1. The molecule has 1 aliphatic carbocycles. The Balaban J connectivity index is 0.000000220. The van der Waals surface area contributed by atoms with E-state index in [2.05, 4.69) is 35.2 Å². The maximum absolute atomic E-state index is 12.3. The molecule has 2 aliphatic rings. The van der Waals surface area contributed by atoms with Crippen molar-refractivity contribution in [2.75, 3.05) is 0 Å². The maximum Gasteiger partial charge on any atom is 0.394 e. The number of aromatic carboxylic acids is 5. The molecule has 0 radical (unpaired) electrons. The molecular formula is C42H33IO15S4. The van der Waals surface area contributed by atoms with Crippen LogP contribution in [0.4, 0.5) is 0 Å². The zero-order valence-electron chi connectivity index (χ0n) is 31.4. The number of rotatable bonds is 7. The Hall–Kier alpha value is -5.75. The summed E-state index contributed by atoms with van der Waals surface area (Å²) in [6, 6.07) is 31.0. The topological polar surface area (TPSA) is 278 Å². The van der Waals surface area contributed by atoms with Crippen LogP contribution in [-0.2, 0) is 10.4 Å². The number of carbonyl (C=O) groups excluding carboxylic acids is 1. The third kappa shape index (κ3) is 16.6. The monoisotopic (exact) mass is 1030 g/mol. The van der Waals surface area contributed by atoms with Crippen LogP contribution in [0.2, 0.25) is 0 Å². The molecule has 0 spiro atoms. The van der Waals surface area contributed by atoms with Crippen molar-refractivity contribution in [1.29, 1.82) is 0 Å². The van der Waals surface area contributed by atoms with Crippen LogP contribution < -0.4 is 0 Å². The molecule has 5 aromatic carbocycles. The van der Waals surface area contributed by atoms with E-state index in [0.29, 0.717) is 20.9 Å². The fourth-order valence-corrected chi connectivity index (χ4v) is 7.80. The highest BCUT2D eigenvalue weighted by Gasteiger charge is 2.34. The van der Waals surface area contributed by atoms with Crippen LogP contribution in [0.5, 0.6) is 0 Å². The van der Waals surface area contributed by atoms with Gasteiger partial charge in [0.15, 0.2) is 5.78 Å². The number of carbonyl (C=O) groups is 6. The minimum atomic E-state index is -4.67. The van der Waals surface area contributed by atoms with E-state index < -0.39 is 40.2 Å². The van der Waals surface area contributed by atoms with Gasteiger partial charge in [0.25, 0.3) is 0 Å². The van der Waals surface area contributed by atoms with Crippen molar-refractivity contribution in [2.45, 2.75) is 24.8 Å². The fourth-order valence-electron chi connectivity index (χ4n) is 4.99. The molecule has 1 heterocycles. The van der Waals surface area contributed by atoms with Gasteiger partial charge in [0.1, 0.15) is 0 Å². The summed E-state index contributed by atoms with van der Waals surface area (Å²) in [6.07, 6.45) is 7.71. The normalized spacial score (nSPS) is 14.2. The standard InChI is InChI=1S/C14H10O4S.C14H10O3S.C7H5IO2.C7H6O2S.H2O4S/c15-13(16)9-5-7-10(8-6-9)19-12-4-2-1-3-11(12)14(17)18;15-13-9-3-1-2-4-11(9)18-12-6-5-8(14(16)17)7-10(12)13;8-6-3-1-5(2-4-6)7(9)10;8-7(9)5-3-1-2-4-6(5)10;1-5(2,3)4/h1-8H,(H,15,16)(H,17,18);1-7,9,11H,(H,16,17);1-4H,(H,9,10);1-4,10H,(H,8,9);(H2,1,2,3,4). The van der Waals surface area contributed by atoms with Crippen LogP contribution >= 0.6 is 58.7 Å². The molecular weight excluding hydrogens is 1000 g/mol. The van der Waals surface area contributed by atoms with Crippen LogP contribution in [0, 0.1) is 9.49 Å². The summed E-state index contributed by atoms with van der Waals surface area (Å²) in [7, 11) is -4.67. The van der Waals surface area contributed by atoms with E-state index in [1.807, 2.05) is 24.3 Å². The summed E-state index contributed by atoms with van der Waals surface area (Å²) >= 11 is 8.99. The molecule has 7 rings (SSSR count). The number of ketones is 1. The lowest BCUT2D eigenvalue weighted by atomic mass is 9.90. The predicted molar refractivity (Wildman–Crippen MR) is 241 cm³/mol. The molecule has 2 atom stereocenters. The van der Waals surface area contributed by atoms with Gasteiger partial charge in [0.05, 0.1) is 33.7 Å². The quantitative estimate of drug-likeness (QED) is 0.0429. The van der Waals surface area contributed by atoms with Gasteiger partial charge in [-0.05, 0) is 114 Å². The van der Waals surface area contributed by atoms with E-state index in [1.165, 1.54) is 42.1 Å². The maximum atomic E-state index is 12.3. The summed E-state index contributed by atoms with van der Waals surface area (Å²) in [4.78, 5) is 68.5. The molecule has 0 fully saturated rings. The molecule has 5 aromatic rings. The van der Waals surface area contributed by atoms with Crippen molar-refractivity contribution in [1.82, 2.24) is 0 Å². The van der Waals surface area contributed by atoms with Gasteiger partial charge in [-0.3, -0.25) is 13.9 Å². The molecule has 1 aliphatic heterocycles. The first-order valence-electron chi connectivity index (χ1n) is 17.1. The Labute approximate surface area is 381 Å². The molecule has 0 amide bonds. The zero-order valence-corrected chi connectivity index (χ0v) is 36.9. The smallest absolute Gasteiger partial charge is 0.394 e. The Kier molecular flexibility index (Phi) is 19.6. The summed E-state index contributed by atoms with van der Waals surface area (Å²) in [5, 5.41) is 43.9. The molecule has 0 saturated carbocycles. The molecule has 20 heteroatoms. The number of allylic oxidation sites excluding steroid dienone is 3. The largest absolute Gasteiger partial charge is 0.478 e. The fraction of sp³-hybridized carbons (Fsp3) is 0.0476. The van der Waals surface area contributed by atoms with E-state index in [9.17, 15) is 28.8 Å². The summed E-state index contributed by atoms with van der Waals surface area (Å²) < 4.78 is 32.6. The third-order valence-corrected chi connectivity index (χ3v) is 11.3. The Bertz CT molecular complexity index is 2600. The number of thioether (sulfide) groups is 1. The molecule has 0 saturated heterocycles. The number of benzene rings is 5. The van der Waals surface area contributed by atoms with Crippen molar-refractivity contribution >= 4 is 105 Å². The molecule has 62 heavy (non-hydrogen) atoms. The lowest BCUT2D eigenvalue weighted by molar-refractivity contribution is 0.0682. The minimum Gasteiger partial charge on any atom is -0.478 e. The first-order valence-corrected chi connectivity index (χ1v) is 21.7. The molecule has 0 bridgehead atoms. The van der Waals surface area contributed by atoms with Gasteiger partial charge in [-0.25, -0.2) is 24.0 Å². The lowest BCUT2D eigenvalue weighted by Crippen LogP contribution is -2.29. The van der Waals surface area contributed by atoms with Crippen molar-refractivity contribution in [3.05, 3.63) is 177 Å². The number of hydrogen-bond acceptors (Lipinski definition) is 11. The van der Waals surface area contributed by atoms with E-state index in [-0.39, 0.29) is 39.2 Å². The second kappa shape index (κ2) is 24.0. The Morgan fingerprint density at radius 2 is 1.08 bits per heavy atom. The van der Waals surface area contributed by atoms with Gasteiger partial charge < -0.3 is 25.5 Å². The summed E-state index contributed by atoms with van der Waals surface area (Å²) in [5.74, 6) is -4.94. The number of fused-ring (bicyclic) bond motifs is 2. The third-order valence-electron chi connectivity index (χ3n) is 7.81. The van der Waals surface area contributed by atoms with Crippen molar-refractivity contribution < 1.29 is 71.8 Å². The second-order valence-electron chi connectivity index (χ2n) is 12.1. The van der Waals surface area contributed by atoms with Crippen LogP contribution in [0.1, 0.15) is 62.1 Å². The van der Waals surface area contributed by atoms with Crippen molar-refractivity contribution in [3.63, 3.8) is 0 Å². The van der Waals surface area contributed by atoms with Gasteiger partial charge in [0.2, 0.25) is 0 Å². The van der Waals surface area contributed by atoms with Gasteiger partial charge >= 0.3 is 40.2 Å². The SMILES string of the molecule is O=C(O)c1ccc(I)cc1.O=C(O)c1ccc(Sc2ccccc2C(=O)O)cc1.O=C(O)c1ccc2c(c1)C(=O)C1C=CC=CC1S2.O=C(O)c1ccccc1S.O=S(=O)(O)O. The first kappa shape index (κ1) is 50.6. The predicted octanol–water partition coefficient (Wildman–Crippen LogP) is 9.03. The van der Waals surface area contributed by atoms with Gasteiger partial charge in [-0.1, -0.05) is 60.3 Å². The van der Waals surface area contributed by atoms with Gasteiger partial charge in [-0.2, -0.15) is 8.42 Å². The average molecular weight is 1030 g/mol. The van der Waals surface area contributed by atoms with Gasteiger partial charge in [0, 0.05) is 34.0 Å². The van der Waals surface area contributed by atoms with E-state index in [0.717, 1.165) is 13.4 Å². The Morgan fingerprint density at radius 3 is 1.58 bits per heavy atom. The highest BCUT2D eigenvalue weighted by molar-refractivity contribution is 14.1. The molecule has 2 unspecified atom stereocenters. The number of thiol groups is 1. The van der Waals surface area contributed by atoms with E-state index in [1.54, 1.807) is 96.7 Å². The van der Waals surface area contributed by atoms with Crippen molar-refractivity contribution in [2.24, 2.45) is 5.92 Å². The molecule has 322 valence electrons. The average Bonchev–Trinajstić information content (AvgIpc) is 3.21. The summed E-state index contributed by atoms with van der Waals surface area (Å²) in [5.41, 5.74) is 1.70. The minimum absolute atomic E-state index is 0.0115. The van der Waals surface area contributed by atoms with E-state index in [4.69, 9.17) is 43.1 Å². The number of Topliss-reactive ketones (excluding diaryl/α,β-unsaturated/α-hetero) is 1. The van der Waals surface area contributed by atoms with Crippen LogP contribution in [0.15, 0.2) is 159 Å². The van der Waals surface area contributed by atoms with Crippen LogP contribution in [-0.4, -0.2) is 83.9 Å². The number of hydrogen-bond donors (Lipinski definition) is 8. The first-order chi connectivity index (χ1) is 29.2. The highest BCUT2D eigenvalue weighted by atomic mass is 127. The molecule has 15 nitrogen and oxygen atoms in total. The number of carboxylic acids is 5. The van der Waals surface area contributed by atoms with Gasteiger partial charge in [-0.15, -0.1) is 24.4 Å². The number of halogens is 1. The highest BCUT2D eigenvalue weighted by Crippen LogP contribution is 2.41. The Morgan fingerprint density at radius 1 is 0.613 bits per heavy atom. The van der Waals surface area contributed by atoms with Crippen LogP contribution in [0.3, 0.4) is 0 Å². The second-order valence-corrected chi connectivity index (χ2v) is 17.0.